The molecule has 0 unspecified atom stereocenters. The van der Waals surface area contributed by atoms with Gasteiger partial charge in [-0.15, -0.1) is 10.2 Å². The molecule has 1 N–H and O–H groups in total. The Balaban J connectivity index is 2.00. The standard InChI is InChI=1S/C14H18ClN5O/c1-3-12(4-2)16-13(21)9-20-18-14(17-19-20)10-5-7-11(15)8-6-10/h5-8,12H,3-4,9H2,1-2H3,(H,16,21). The Kier molecular flexibility index (Phi) is 5.27. The zero-order valence-corrected chi connectivity index (χ0v) is 12.8. The minimum Gasteiger partial charge on any atom is -0.352 e. The van der Waals surface area contributed by atoms with E-state index in [-0.39, 0.29) is 18.5 Å². The second-order valence-electron chi connectivity index (χ2n) is 4.73. The summed E-state index contributed by atoms with van der Waals surface area (Å²) in [5, 5.41) is 15.6. The average Bonchev–Trinajstić information content (AvgIpc) is 2.94. The summed E-state index contributed by atoms with van der Waals surface area (Å²) in [5.41, 5.74) is 0.811. The van der Waals surface area contributed by atoms with E-state index in [4.69, 9.17) is 11.6 Å². The summed E-state index contributed by atoms with van der Waals surface area (Å²) in [6.45, 7) is 4.15. The molecule has 0 saturated heterocycles. The Morgan fingerprint density at radius 2 is 1.95 bits per heavy atom. The van der Waals surface area contributed by atoms with Crippen molar-refractivity contribution in [2.75, 3.05) is 0 Å². The van der Waals surface area contributed by atoms with Crippen molar-refractivity contribution < 1.29 is 4.79 Å². The van der Waals surface area contributed by atoms with E-state index < -0.39 is 0 Å². The molecule has 0 radical (unpaired) electrons. The van der Waals surface area contributed by atoms with Crippen LogP contribution in [0.2, 0.25) is 5.02 Å². The lowest BCUT2D eigenvalue weighted by atomic mass is 10.2. The molecule has 1 amide bonds. The van der Waals surface area contributed by atoms with Crippen LogP contribution in [0.3, 0.4) is 0 Å². The number of carbonyl (C=O) groups excluding carboxylic acids is 1. The summed E-state index contributed by atoms with van der Waals surface area (Å²) in [7, 11) is 0. The van der Waals surface area contributed by atoms with Gasteiger partial charge in [0.25, 0.3) is 0 Å². The lowest BCUT2D eigenvalue weighted by molar-refractivity contribution is -0.122. The maximum atomic E-state index is 11.9. The van der Waals surface area contributed by atoms with Crippen LogP contribution in [0.5, 0.6) is 0 Å². The van der Waals surface area contributed by atoms with Crippen LogP contribution in [0.15, 0.2) is 24.3 Å². The topological polar surface area (TPSA) is 72.7 Å². The van der Waals surface area contributed by atoms with E-state index in [9.17, 15) is 4.79 Å². The second kappa shape index (κ2) is 7.17. The van der Waals surface area contributed by atoms with Gasteiger partial charge in [0.05, 0.1) is 0 Å². The van der Waals surface area contributed by atoms with Gasteiger partial charge in [-0.2, -0.15) is 4.80 Å². The summed E-state index contributed by atoms with van der Waals surface area (Å²) < 4.78 is 0. The molecular weight excluding hydrogens is 290 g/mol. The molecule has 1 aromatic carbocycles. The third kappa shape index (κ3) is 4.26. The molecule has 0 aliphatic carbocycles. The van der Waals surface area contributed by atoms with Gasteiger partial charge in [0.15, 0.2) is 0 Å². The van der Waals surface area contributed by atoms with Gasteiger partial charge in [0.1, 0.15) is 6.54 Å². The van der Waals surface area contributed by atoms with Crippen LogP contribution < -0.4 is 5.32 Å². The zero-order chi connectivity index (χ0) is 15.2. The number of benzene rings is 1. The van der Waals surface area contributed by atoms with Crippen LogP contribution in [-0.4, -0.2) is 32.2 Å². The number of hydrogen-bond donors (Lipinski definition) is 1. The lowest BCUT2D eigenvalue weighted by Gasteiger charge is -2.13. The first kappa shape index (κ1) is 15.4. The van der Waals surface area contributed by atoms with Crippen molar-refractivity contribution in [2.24, 2.45) is 0 Å². The highest BCUT2D eigenvalue weighted by Crippen LogP contribution is 2.16. The smallest absolute Gasteiger partial charge is 0.243 e. The summed E-state index contributed by atoms with van der Waals surface area (Å²) in [6, 6.07) is 7.34. The molecule has 0 aliphatic heterocycles. The fourth-order valence-electron chi connectivity index (χ4n) is 1.92. The van der Waals surface area contributed by atoms with Crippen molar-refractivity contribution in [3.05, 3.63) is 29.3 Å². The van der Waals surface area contributed by atoms with Gasteiger partial charge >= 0.3 is 0 Å². The molecule has 1 heterocycles. The average molecular weight is 308 g/mol. The summed E-state index contributed by atoms with van der Waals surface area (Å²) in [6.07, 6.45) is 1.81. The van der Waals surface area contributed by atoms with Gasteiger partial charge in [0.2, 0.25) is 11.7 Å². The molecule has 21 heavy (non-hydrogen) atoms. The van der Waals surface area contributed by atoms with Crippen molar-refractivity contribution >= 4 is 17.5 Å². The van der Waals surface area contributed by atoms with Crippen LogP contribution in [0.1, 0.15) is 26.7 Å². The largest absolute Gasteiger partial charge is 0.352 e. The minimum atomic E-state index is -0.108. The predicted molar refractivity (Wildman–Crippen MR) is 80.8 cm³/mol. The number of tetrazole rings is 1. The molecule has 0 atom stereocenters. The van der Waals surface area contributed by atoms with Gasteiger partial charge in [-0.25, -0.2) is 0 Å². The molecule has 2 aromatic rings. The summed E-state index contributed by atoms with van der Waals surface area (Å²) >= 11 is 5.83. The molecule has 0 fully saturated rings. The molecule has 2 rings (SSSR count). The number of rotatable bonds is 6. The molecule has 0 bridgehead atoms. The Bertz CT molecular complexity index is 592. The molecule has 7 heteroatoms. The molecule has 0 saturated carbocycles. The number of nitrogens with one attached hydrogen (secondary N) is 1. The Morgan fingerprint density at radius 3 is 2.57 bits per heavy atom. The fraction of sp³-hybridized carbons (Fsp3) is 0.429. The molecule has 6 nitrogen and oxygen atoms in total. The van der Waals surface area contributed by atoms with E-state index in [1.54, 1.807) is 12.1 Å². The highest BCUT2D eigenvalue weighted by Gasteiger charge is 2.12. The summed E-state index contributed by atoms with van der Waals surface area (Å²) in [4.78, 5) is 13.2. The number of carbonyl (C=O) groups is 1. The Morgan fingerprint density at radius 1 is 1.29 bits per heavy atom. The fourth-order valence-corrected chi connectivity index (χ4v) is 2.05. The van der Waals surface area contributed by atoms with Crippen molar-refractivity contribution in [3.63, 3.8) is 0 Å². The third-order valence-corrected chi connectivity index (χ3v) is 3.44. The first-order valence-corrected chi connectivity index (χ1v) is 7.33. The van der Waals surface area contributed by atoms with Crippen LogP contribution >= 0.6 is 11.6 Å². The van der Waals surface area contributed by atoms with Crippen LogP contribution in [0.4, 0.5) is 0 Å². The SMILES string of the molecule is CCC(CC)NC(=O)Cn1nnc(-c2ccc(Cl)cc2)n1. The van der Waals surface area contributed by atoms with Crippen molar-refractivity contribution in [3.8, 4) is 11.4 Å². The monoisotopic (exact) mass is 307 g/mol. The highest BCUT2D eigenvalue weighted by molar-refractivity contribution is 6.30. The molecule has 0 spiro atoms. The Hall–Kier alpha value is -1.95. The van der Waals surface area contributed by atoms with E-state index in [0.29, 0.717) is 10.8 Å². The maximum Gasteiger partial charge on any atom is 0.243 e. The number of amides is 1. The minimum absolute atomic E-state index is 0.0666. The van der Waals surface area contributed by atoms with Gasteiger partial charge in [-0.3, -0.25) is 4.79 Å². The molecular formula is C14H18ClN5O. The first-order chi connectivity index (χ1) is 10.1. The third-order valence-electron chi connectivity index (χ3n) is 3.19. The number of hydrogen-bond acceptors (Lipinski definition) is 4. The molecule has 0 aliphatic rings. The van der Waals surface area contributed by atoms with Crippen LogP contribution in [0, 0.1) is 0 Å². The van der Waals surface area contributed by atoms with Crippen LogP contribution in [-0.2, 0) is 11.3 Å². The molecule has 112 valence electrons. The second-order valence-corrected chi connectivity index (χ2v) is 5.17. The van der Waals surface area contributed by atoms with Gasteiger partial charge < -0.3 is 5.32 Å². The predicted octanol–water partition coefficient (Wildman–Crippen LogP) is 2.30. The number of nitrogens with zero attached hydrogens (tertiary/aromatic N) is 4. The quantitative estimate of drug-likeness (QED) is 0.888. The molecule has 1 aromatic heterocycles. The van der Waals surface area contributed by atoms with Gasteiger partial charge in [-0.1, -0.05) is 25.4 Å². The van der Waals surface area contributed by atoms with Crippen molar-refractivity contribution in [2.45, 2.75) is 39.3 Å². The first-order valence-electron chi connectivity index (χ1n) is 6.95. The van der Waals surface area contributed by atoms with Crippen LogP contribution in [0.25, 0.3) is 11.4 Å². The van der Waals surface area contributed by atoms with Gasteiger partial charge in [-0.05, 0) is 42.3 Å². The van der Waals surface area contributed by atoms with E-state index in [2.05, 4.69) is 20.7 Å². The Labute approximate surface area is 128 Å². The van der Waals surface area contributed by atoms with E-state index in [1.165, 1.54) is 4.80 Å². The summed E-state index contributed by atoms with van der Waals surface area (Å²) in [5.74, 6) is 0.366. The van der Waals surface area contributed by atoms with E-state index in [0.717, 1.165) is 18.4 Å². The normalized spacial score (nSPS) is 10.9. The number of aromatic nitrogens is 4. The van der Waals surface area contributed by atoms with Crippen molar-refractivity contribution in [1.82, 2.24) is 25.5 Å². The highest BCUT2D eigenvalue weighted by atomic mass is 35.5. The lowest BCUT2D eigenvalue weighted by Crippen LogP contribution is -2.36. The van der Waals surface area contributed by atoms with E-state index >= 15 is 0 Å². The maximum absolute atomic E-state index is 11.9. The van der Waals surface area contributed by atoms with Gasteiger partial charge in [0, 0.05) is 16.6 Å². The number of halogens is 1. The zero-order valence-electron chi connectivity index (χ0n) is 12.1. The van der Waals surface area contributed by atoms with Crippen molar-refractivity contribution in [1.29, 1.82) is 0 Å². The van der Waals surface area contributed by atoms with E-state index in [1.807, 2.05) is 26.0 Å².